The van der Waals surface area contributed by atoms with Crippen molar-refractivity contribution in [3.8, 4) is 0 Å². The van der Waals surface area contributed by atoms with Crippen LogP contribution in [0.2, 0.25) is 0 Å². The molecule has 1 N–H and O–H groups in total. The van der Waals surface area contributed by atoms with Gasteiger partial charge in [-0.3, -0.25) is 0 Å². The molecule has 0 heterocycles. The Balaban J connectivity index is 3.53. The Morgan fingerprint density at radius 3 is 2.20 bits per heavy atom. The molecule has 0 rings (SSSR count). The van der Waals surface area contributed by atoms with Crippen molar-refractivity contribution >= 4 is 0 Å². The molecule has 0 aliphatic carbocycles. The van der Waals surface area contributed by atoms with E-state index in [0.29, 0.717) is 0 Å². The lowest BCUT2D eigenvalue weighted by molar-refractivity contribution is -0.189. The van der Waals surface area contributed by atoms with Gasteiger partial charge in [0.05, 0.1) is 6.67 Å². The Kier molecular flexibility index (Phi) is 5.52. The van der Waals surface area contributed by atoms with E-state index < -0.39 is 0 Å². The highest BCUT2D eigenvalue weighted by Crippen LogP contribution is 1.94. The molecule has 0 aromatic carbocycles. The molecule has 4 heteroatoms. The molecule has 0 radical (unpaired) electrons. The normalized spacial score (nSPS) is 11.4. The second kappa shape index (κ2) is 5.61. The van der Waals surface area contributed by atoms with Crippen LogP contribution < -0.4 is 5.32 Å². The van der Waals surface area contributed by atoms with Crippen molar-refractivity contribution in [3.63, 3.8) is 0 Å². The molecule has 0 aliphatic heterocycles. The van der Waals surface area contributed by atoms with E-state index in [0.717, 1.165) is 6.67 Å². The molecule has 0 bridgehead atoms. The average molecular weight is 148 g/mol. The fraction of sp³-hybridized carbons (Fsp3) is 1.00. The maximum Gasteiger partial charge on any atom is 0.218 e. The van der Waals surface area contributed by atoms with Gasteiger partial charge in [0.1, 0.15) is 0 Å². The third kappa shape index (κ3) is 3.12. The zero-order valence-electron chi connectivity index (χ0n) is 7.05. The third-order valence-electron chi connectivity index (χ3n) is 1.17. The zero-order valence-corrected chi connectivity index (χ0v) is 7.05. The van der Waals surface area contributed by atoms with Gasteiger partial charge in [-0.05, 0) is 14.1 Å². The predicted octanol–water partition coefficient (Wildman–Crippen LogP) is -0.329. The monoisotopic (exact) mass is 148 g/mol. The van der Waals surface area contributed by atoms with Gasteiger partial charge in [0.2, 0.25) is 6.41 Å². The summed E-state index contributed by atoms with van der Waals surface area (Å²) in [7, 11) is 7.01. The quantitative estimate of drug-likeness (QED) is 0.541. The summed E-state index contributed by atoms with van der Waals surface area (Å²) < 4.78 is 9.96. The Labute approximate surface area is 62.1 Å². The molecule has 0 unspecified atom stereocenters. The molecule has 0 atom stereocenters. The number of ether oxygens (including phenoxy) is 2. The lowest BCUT2D eigenvalue weighted by atomic mass is 10.8. The van der Waals surface area contributed by atoms with Crippen LogP contribution in [-0.4, -0.2) is 46.3 Å². The first-order valence-electron chi connectivity index (χ1n) is 3.16. The van der Waals surface area contributed by atoms with Crippen LogP contribution in [0.5, 0.6) is 0 Å². The smallest absolute Gasteiger partial charge is 0.218 e. The fourth-order valence-electron chi connectivity index (χ4n) is 0.780. The van der Waals surface area contributed by atoms with Gasteiger partial charge in [-0.2, -0.15) is 0 Å². The summed E-state index contributed by atoms with van der Waals surface area (Å²) in [6.07, 6.45) is -0.257. The number of methoxy groups -OCH3 is 2. The van der Waals surface area contributed by atoms with E-state index >= 15 is 0 Å². The van der Waals surface area contributed by atoms with Crippen LogP contribution in [-0.2, 0) is 9.47 Å². The highest BCUT2D eigenvalue weighted by atomic mass is 16.7. The first-order valence-corrected chi connectivity index (χ1v) is 3.16. The van der Waals surface area contributed by atoms with Gasteiger partial charge in [-0.1, -0.05) is 0 Å². The van der Waals surface area contributed by atoms with Crippen molar-refractivity contribution in [1.82, 2.24) is 10.2 Å². The lowest BCUT2D eigenvalue weighted by Crippen LogP contribution is -2.39. The molecule has 0 spiro atoms. The molecule has 0 amide bonds. The third-order valence-corrected chi connectivity index (χ3v) is 1.17. The minimum Gasteiger partial charge on any atom is -0.343 e. The van der Waals surface area contributed by atoms with Crippen LogP contribution in [0.15, 0.2) is 0 Å². The molecular formula is C6H16N2O2. The zero-order chi connectivity index (χ0) is 7.98. The van der Waals surface area contributed by atoms with Crippen molar-refractivity contribution < 1.29 is 9.47 Å². The standard InChI is InChI=1S/C6H16N2O2/c1-7-5-8(2)6(9-3)10-4/h6-7H,5H2,1-4H3. The summed E-state index contributed by atoms with van der Waals surface area (Å²) in [6.45, 7) is 0.742. The van der Waals surface area contributed by atoms with Crippen molar-refractivity contribution in [2.24, 2.45) is 0 Å². The van der Waals surface area contributed by atoms with Crippen molar-refractivity contribution in [2.45, 2.75) is 6.41 Å². The van der Waals surface area contributed by atoms with E-state index in [1.165, 1.54) is 0 Å². The maximum atomic E-state index is 4.98. The van der Waals surface area contributed by atoms with Crippen molar-refractivity contribution in [1.29, 1.82) is 0 Å². The molecular weight excluding hydrogens is 132 g/mol. The minimum absolute atomic E-state index is 0.257. The first-order chi connectivity index (χ1) is 4.76. The molecule has 62 valence electrons. The first kappa shape index (κ1) is 9.84. The summed E-state index contributed by atoms with van der Waals surface area (Å²) in [5.41, 5.74) is 0. The average Bonchev–Trinajstić information content (AvgIpc) is 1.91. The number of rotatable bonds is 5. The number of hydrogen-bond acceptors (Lipinski definition) is 4. The van der Waals surface area contributed by atoms with E-state index in [-0.39, 0.29) is 6.41 Å². The predicted molar refractivity (Wildman–Crippen MR) is 39.5 cm³/mol. The Morgan fingerprint density at radius 1 is 1.40 bits per heavy atom. The van der Waals surface area contributed by atoms with Gasteiger partial charge in [-0.15, -0.1) is 0 Å². The van der Waals surface area contributed by atoms with Gasteiger partial charge in [0.15, 0.2) is 0 Å². The Bertz CT molecular complexity index is 76.1. The van der Waals surface area contributed by atoms with Crippen LogP contribution >= 0.6 is 0 Å². The van der Waals surface area contributed by atoms with Gasteiger partial charge in [0, 0.05) is 14.2 Å². The van der Waals surface area contributed by atoms with Crippen LogP contribution in [0.3, 0.4) is 0 Å². The maximum absolute atomic E-state index is 4.98. The summed E-state index contributed by atoms with van der Waals surface area (Å²) in [5, 5.41) is 2.98. The van der Waals surface area contributed by atoms with Gasteiger partial charge >= 0.3 is 0 Å². The van der Waals surface area contributed by atoms with Gasteiger partial charge in [0.25, 0.3) is 0 Å². The molecule has 10 heavy (non-hydrogen) atoms. The van der Waals surface area contributed by atoms with Crippen molar-refractivity contribution in [2.75, 3.05) is 35.0 Å². The van der Waals surface area contributed by atoms with Gasteiger partial charge < -0.3 is 14.8 Å². The molecule has 0 aromatic rings. The van der Waals surface area contributed by atoms with Gasteiger partial charge in [-0.25, -0.2) is 4.90 Å². The van der Waals surface area contributed by atoms with E-state index in [9.17, 15) is 0 Å². The van der Waals surface area contributed by atoms with Crippen molar-refractivity contribution in [3.05, 3.63) is 0 Å². The minimum atomic E-state index is -0.257. The second-order valence-corrected chi connectivity index (χ2v) is 2.05. The van der Waals surface area contributed by atoms with Crippen LogP contribution in [0.4, 0.5) is 0 Å². The second-order valence-electron chi connectivity index (χ2n) is 2.05. The van der Waals surface area contributed by atoms with E-state index in [1.807, 2.05) is 19.0 Å². The highest BCUT2D eigenvalue weighted by molar-refractivity contribution is 4.43. The number of hydrogen-bond donors (Lipinski definition) is 1. The topological polar surface area (TPSA) is 33.7 Å². The summed E-state index contributed by atoms with van der Waals surface area (Å²) in [4.78, 5) is 1.90. The summed E-state index contributed by atoms with van der Waals surface area (Å²) in [5.74, 6) is 0. The van der Waals surface area contributed by atoms with E-state index in [4.69, 9.17) is 9.47 Å². The highest BCUT2D eigenvalue weighted by Gasteiger charge is 2.09. The Morgan fingerprint density at radius 2 is 1.90 bits per heavy atom. The summed E-state index contributed by atoms with van der Waals surface area (Å²) >= 11 is 0. The molecule has 0 aromatic heterocycles. The molecule has 0 aliphatic rings. The van der Waals surface area contributed by atoms with Crippen LogP contribution in [0.1, 0.15) is 0 Å². The largest absolute Gasteiger partial charge is 0.343 e. The SMILES string of the molecule is CNCN(C)C(OC)OC. The fourth-order valence-corrected chi connectivity index (χ4v) is 0.780. The molecule has 0 fully saturated rings. The summed E-state index contributed by atoms with van der Waals surface area (Å²) in [6, 6.07) is 0. The number of nitrogens with one attached hydrogen (secondary N) is 1. The van der Waals surface area contributed by atoms with E-state index in [1.54, 1.807) is 14.2 Å². The Hall–Kier alpha value is -0.160. The molecule has 0 saturated heterocycles. The lowest BCUT2D eigenvalue weighted by Gasteiger charge is -2.24. The van der Waals surface area contributed by atoms with Crippen LogP contribution in [0, 0.1) is 0 Å². The van der Waals surface area contributed by atoms with Crippen LogP contribution in [0.25, 0.3) is 0 Å². The molecule has 4 nitrogen and oxygen atoms in total. The van der Waals surface area contributed by atoms with E-state index in [2.05, 4.69) is 5.32 Å². The molecule has 0 saturated carbocycles. The number of nitrogens with zero attached hydrogens (tertiary/aromatic N) is 1.